The van der Waals surface area contributed by atoms with Crippen molar-refractivity contribution >= 4 is 34.1 Å². The number of benzene rings is 3. The number of amides is 1. The fourth-order valence-corrected chi connectivity index (χ4v) is 3.69. The molecular formula is C24H20ClN3O3. The summed E-state index contributed by atoms with van der Waals surface area (Å²) in [5.74, 6) is -0.409. The van der Waals surface area contributed by atoms with Crippen molar-refractivity contribution < 1.29 is 4.79 Å². The fourth-order valence-electron chi connectivity index (χ4n) is 3.50. The second-order valence-electron chi connectivity index (χ2n) is 7.11. The summed E-state index contributed by atoms with van der Waals surface area (Å²) < 4.78 is 2.52. The van der Waals surface area contributed by atoms with Gasteiger partial charge in [0, 0.05) is 6.54 Å². The molecule has 0 aliphatic rings. The highest BCUT2D eigenvalue weighted by Gasteiger charge is 2.16. The molecule has 4 aromatic rings. The number of fused-ring (bicyclic) bond motifs is 1. The highest BCUT2D eigenvalue weighted by Crippen LogP contribution is 2.20. The highest BCUT2D eigenvalue weighted by atomic mass is 35.5. The lowest BCUT2D eigenvalue weighted by Gasteiger charge is -2.14. The van der Waals surface area contributed by atoms with Crippen molar-refractivity contribution in [3.8, 4) is 0 Å². The first-order valence-corrected chi connectivity index (χ1v) is 10.2. The van der Waals surface area contributed by atoms with Crippen LogP contribution < -0.4 is 16.6 Å². The molecule has 6 nitrogen and oxygen atoms in total. The average molecular weight is 434 g/mol. The molecule has 156 valence electrons. The van der Waals surface area contributed by atoms with Crippen molar-refractivity contribution in [1.29, 1.82) is 0 Å². The number of para-hydroxylation sites is 2. The van der Waals surface area contributed by atoms with E-state index in [2.05, 4.69) is 5.32 Å². The number of nitrogens with one attached hydrogen (secondary N) is 1. The minimum Gasteiger partial charge on any atom is -0.323 e. The van der Waals surface area contributed by atoms with Crippen molar-refractivity contribution in [2.75, 3.05) is 5.32 Å². The number of aromatic nitrogens is 2. The first-order valence-electron chi connectivity index (χ1n) is 9.85. The first-order chi connectivity index (χ1) is 15.0. The number of halogens is 1. The molecular weight excluding hydrogens is 414 g/mol. The maximum absolute atomic E-state index is 13.2. The van der Waals surface area contributed by atoms with Gasteiger partial charge in [0.05, 0.1) is 21.6 Å². The molecule has 0 aliphatic heterocycles. The first kappa shape index (κ1) is 20.6. The largest absolute Gasteiger partial charge is 0.331 e. The van der Waals surface area contributed by atoms with Gasteiger partial charge in [0.15, 0.2) is 0 Å². The maximum atomic E-state index is 13.2. The Morgan fingerprint density at radius 3 is 2.29 bits per heavy atom. The minimum atomic E-state index is -0.520. The molecule has 0 fully saturated rings. The molecule has 0 atom stereocenters. The number of carbonyl (C=O) groups is 1. The van der Waals surface area contributed by atoms with Crippen LogP contribution in [0.5, 0.6) is 0 Å². The molecule has 31 heavy (non-hydrogen) atoms. The van der Waals surface area contributed by atoms with E-state index in [9.17, 15) is 14.4 Å². The van der Waals surface area contributed by atoms with Crippen molar-refractivity contribution in [2.24, 2.45) is 0 Å². The molecule has 0 saturated heterocycles. The number of hydrogen-bond donors (Lipinski definition) is 1. The molecule has 0 unspecified atom stereocenters. The Balaban J connectivity index is 1.70. The van der Waals surface area contributed by atoms with Crippen molar-refractivity contribution in [1.82, 2.24) is 9.13 Å². The van der Waals surface area contributed by atoms with Gasteiger partial charge in [-0.3, -0.25) is 18.7 Å². The van der Waals surface area contributed by atoms with Crippen molar-refractivity contribution in [3.05, 3.63) is 110 Å². The van der Waals surface area contributed by atoms with E-state index < -0.39 is 11.6 Å². The van der Waals surface area contributed by atoms with Crippen LogP contribution in [0.4, 0.5) is 5.69 Å². The summed E-state index contributed by atoms with van der Waals surface area (Å²) >= 11 is 6.11. The van der Waals surface area contributed by atoms with Gasteiger partial charge in [-0.25, -0.2) is 4.79 Å². The molecule has 1 heterocycles. The lowest BCUT2D eigenvalue weighted by Crippen LogP contribution is -2.42. The van der Waals surface area contributed by atoms with Gasteiger partial charge in [-0.05, 0) is 36.2 Å². The van der Waals surface area contributed by atoms with Crippen LogP contribution in [0.15, 0.2) is 88.5 Å². The lowest BCUT2D eigenvalue weighted by molar-refractivity contribution is -0.116. The molecule has 7 heteroatoms. The zero-order valence-corrected chi connectivity index (χ0v) is 17.4. The SMILES string of the molecule is O=C(Cn1c(=O)n(CCc2ccccc2)c(=O)c2ccccc21)Nc1ccccc1Cl. The van der Waals surface area contributed by atoms with Gasteiger partial charge in [-0.2, -0.15) is 0 Å². The second-order valence-corrected chi connectivity index (χ2v) is 7.51. The number of carbonyl (C=O) groups excluding carboxylic acids is 1. The Kier molecular flexibility index (Phi) is 6.00. The van der Waals surface area contributed by atoms with Gasteiger partial charge in [-0.1, -0.05) is 66.2 Å². The number of nitrogens with zero attached hydrogens (tertiary/aromatic N) is 2. The van der Waals surface area contributed by atoms with Gasteiger partial charge in [0.2, 0.25) is 5.91 Å². The van der Waals surface area contributed by atoms with Crippen LogP contribution in [0.25, 0.3) is 10.9 Å². The summed E-state index contributed by atoms with van der Waals surface area (Å²) in [6.45, 7) is -0.0190. The van der Waals surface area contributed by atoms with E-state index in [1.807, 2.05) is 30.3 Å². The highest BCUT2D eigenvalue weighted by molar-refractivity contribution is 6.33. The molecule has 0 saturated carbocycles. The number of anilines is 1. The van der Waals surface area contributed by atoms with Gasteiger partial charge < -0.3 is 5.32 Å². The molecule has 3 aromatic carbocycles. The van der Waals surface area contributed by atoms with E-state index in [4.69, 9.17) is 11.6 Å². The van der Waals surface area contributed by atoms with Gasteiger partial charge in [-0.15, -0.1) is 0 Å². The maximum Gasteiger partial charge on any atom is 0.331 e. The molecule has 1 N–H and O–H groups in total. The van der Waals surface area contributed by atoms with E-state index in [0.29, 0.717) is 28.0 Å². The Labute approximate surface area is 183 Å². The summed E-state index contributed by atoms with van der Waals surface area (Å²) in [6, 6.07) is 23.3. The van der Waals surface area contributed by atoms with Crippen LogP contribution in [-0.4, -0.2) is 15.0 Å². The van der Waals surface area contributed by atoms with Crippen LogP contribution >= 0.6 is 11.6 Å². The van der Waals surface area contributed by atoms with Gasteiger partial charge >= 0.3 is 5.69 Å². The summed E-state index contributed by atoms with van der Waals surface area (Å²) in [6.07, 6.45) is 0.528. The predicted octanol–water partition coefficient (Wildman–Crippen LogP) is 3.70. The monoisotopic (exact) mass is 433 g/mol. The van der Waals surface area contributed by atoms with E-state index in [-0.39, 0.29) is 18.6 Å². The fraction of sp³-hybridized carbons (Fsp3) is 0.125. The summed E-state index contributed by atoms with van der Waals surface area (Å²) in [4.78, 5) is 38.9. The summed E-state index contributed by atoms with van der Waals surface area (Å²) in [5.41, 5.74) is 1.02. The van der Waals surface area contributed by atoms with Gasteiger partial charge in [0.1, 0.15) is 6.54 Å². The molecule has 1 aromatic heterocycles. The molecule has 0 aliphatic carbocycles. The Hall–Kier alpha value is -3.64. The number of hydrogen-bond acceptors (Lipinski definition) is 3. The van der Waals surface area contributed by atoms with E-state index in [0.717, 1.165) is 5.56 Å². The molecule has 0 radical (unpaired) electrons. The Morgan fingerprint density at radius 1 is 0.839 bits per heavy atom. The molecule has 0 spiro atoms. The molecule has 4 rings (SSSR count). The van der Waals surface area contributed by atoms with Crippen LogP contribution in [-0.2, 0) is 24.3 Å². The number of rotatable bonds is 6. The summed E-state index contributed by atoms with van der Waals surface area (Å²) in [7, 11) is 0. The second kappa shape index (κ2) is 9.02. The Bertz CT molecular complexity index is 1360. The van der Waals surface area contributed by atoms with E-state index in [1.54, 1.807) is 48.5 Å². The predicted molar refractivity (Wildman–Crippen MR) is 123 cm³/mol. The third-order valence-electron chi connectivity index (χ3n) is 5.05. The normalized spacial score (nSPS) is 10.9. The van der Waals surface area contributed by atoms with E-state index >= 15 is 0 Å². The average Bonchev–Trinajstić information content (AvgIpc) is 2.79. The van der Waals surface area contributed by atoms with Crippen LogP contribution in [0.3, 0.4) is 0 Å². The van der Waals surface area contributed by atoms with Crippen LogP contribution in [0.1, 0.15) is 5.56 Å². The van der Waals surface area contributed by atoms with Crippen molar-refractivity contribution in [3.63, 3.8) is 0 Å². The Morgan fingerprint density at radius 2 is 1.52 bits per heavy atom. The zero-order valence-electron chi connectivity index (χ0n) is 16.6. The minimum absolute atomic E-state index is 0.221. The van der Waals surface area contributed by atoms with Crippen LogP contribution in [0, 0.1) is 0 Å². The molecule has 1 amide bonds. The van der Waals surface area contributed by atoms with Crippen molar-refractivity contribution in [2.45, 2.75) is 19.5 Å². The lowest BCUT2D eigenvalue weighted by atomic mass is 10.1. The standard InChI is InChI=1S/C24H20ClN3O3/c25-19-11-5-6-12-20(19)26-22(29)16-28-21-13-7-4-10-18(21)23(30)27(24(28)31)15-14-17-8-2-1-3-9-17/h1-13H,14-16H2,(H,26,29). The summed E-state index contributed by atoms with van der Waals surface area (Å²) in [5, 5.41) is 3.52. The topological polar surface area (TPSA) is 73.1 Å². The smallest absolute Gasteiger partial charge is 0.323 e. The zero-order chi connectivity index (χ0) is 21.8. The third kappa shape index (κ3) is 4.44. The number of aryl methyl sites for hydroxylation is 1. The van der Waals surface area contributed by atoms with Gasteiger partial charge in [0.25, 0.3) is 5.56 Å². The van der Waals surface area contributed by atoms with Crippen LogP contribution in [0.2, 0.25) is 5.02 Å². The quantitative estimate of drug-likeness (QED) is 0.504. The third-order valence-corrected chi connectivity index (χ3v) is 5.38. The molecule has 0 bridgehead atoms. The van der Waals surface area contributed by atoms with E-state index in [1.165, 1.54) is 9.13 Å².